The molecule has 4 N–H and O–H groups in total. The second kappa shape index (κ2) is 5.92. The van der Waals surface area contributed by atoms with Crippen molar-refractivity contribution in [1.29, 1.82) is 0 Å². The largest absolute Gasteiger partial charge is 0.397 e. The summed E-state index contributed by atoms with van der Waals surface area (Å²) in [6.45, 7) is 2.55. The molecule has 0 aliphatic heterocycles. The van der Waals surface area contributed by atoms with E-state index in [0.717, 1.165) is 17.3 Å². The number of halogens is 1. The van der Waals surface area contributed by atoms with Gasteiger partial charge >= 0.3 is 0 Å². The highest BCUT2D eigenvalue weighted by Crippen LogP contribution is 2.21. The lowest BCUT2D eigenvalue weighted by molar-refractivity contribution is 0.176. The molecule has 1 atom stereocenters. The number of nitrogen functional groups attached to an aromatic ring is 1. The molecule has 1 aromatic heterocycles. The molecule has 0 saturated heterocycles. The summed E-state index contributed by atoms with van der Waals surface area (Å²) in [4.78, 5) is 4.12. The average Bonchev–Trinajstić information content (AvgIpc) is 2.17. The number of hydrogen-bond donors (Lipinski definition) is 3. The fraction of sp³-hybridized carbons (Fsp3) is 0.500. The van der Waals surface area contributed by atoms with Gasteiger partial charge in [0.25, 0.3) is 0 Å². The molecule has 4 nitrogen and oxygen atoms in total. The van der Waals surface area contributed by atoms with E-state index < -0.39 is 0 Å². The van der Waals surface area contributed by atoms with Gasteiger partial charge < -0.3 is 16.2 Å². The Labute approximate surface area is 98.0 Å². The highest BCUT2D eigenvalue weighted by molar-refractivity contribution is 9.10. The Bertz CT molecular complexity index is 320. The molecule has 0 bridgehead atoms. The number of aliphatic hydroxyl groups is 1. The number of pyridine rings is 1. The first-order valence-corrected chi connectivity index (χ1v) is 5.75. The van der Waals surface area contributed by atoms with Crippen molar-refractivity contribution < 1.29 is 5.11 Å². The predicted molar refractivity (Wildman–Crippen MR) is 65.8 cm³/mol. The lowest BCUT2D eigenvalue weighted by Gasteiger charge is -2.12. The Balaban J connectivity index is 2.50. The SMILES string of the molecule is CCCC(O)CNc1ncc(N)cc1Br. The van der Waals surface area contributed by atoms with E-state index in [0.29, 0.717) is 18.1 Å². The van der Waals surface area contributed by atoms with Gasteiger partial charge in [-0.25, -0.2) is 4.98 Å². The minimum atomic E-state index is -0.332. The number of anilines is 2. The summed E-state index contributed by atoms with van der Waals surface area (Å²) in [5, 5.41) is 12.6. The number of aromatic nitrogens is 1. The number of rotatable bonds is 5. The van der Waals surface area contributed by atoms with Gasteiger partial charge in [0.1, 0.15) is 5.82 Å². The first-order chi connectivity index (χ1) is 7.13. The monoisotopic (exact) mass is 273 g/mol. The van der Waals surface area contributed by atoms with Crippen molar-refractivity contribution in [2.45, 2.75) is 25.9 Å². The van der Waals surface area contributed by atoms with Gasteiger partial charge in [0.2, 0.25) is 0 Å². The Kier molecular flexibility index (Phi) is 4.84. The molecule has 5 heteroatoms. The molecule has 0 radical (unpaired) electrons. The molecule has 0 saturated carbocycles. The van der Waals surface area contributed by atoms with Crippen LogP contribution in [-0.4, -0.2) is 22.7 Å². The van der Waals surface area contributed by atoms with Gasteiger partial charge in [0, 0.05) is 6.54 Å². The van der Waals surface area contributed by atoms with E-state index in [2.05, 4.69) is 26.2 Å². The molecule has 0 amide bonds. The van der Waals surface area contributed by atoms with Crippen molar-refractivity contribution in [2.75, 3.05) is 17.6 Å². The Morgan fingerprint density at radius 3 is 3.00 bits per heavy atom. The molecule has 0 spiro atoms. The quantitative estimate of drug-likeness (QED) is 0.768. The third-order valence-corrected chi connectivity index (χ3v) is 2.59. The maximum atomic E-state index is 9.53. The zero-order valence-corrected chi connectivity index (χ0v) is 10.3. The van der Waals surface area contributed by atoms with Crippen molar-refractivity contribution in [3.63, 3.8) is 0 Å². The highest BCUT2D eigenvalue weighted by atomic mass is 79.9. The normalized spacial score (nSPS) is 12.5. The topological polar surface area (TPSA) is 71.2 Å². The zero-order valence-electron chi connectivity index (χ0n) is 8.70. The second-order valence-electron chi connectivity index (χ2n) is 3.42. The van der Waals surface area contributed by atoms with Crippen molar-refractivity contribution >= 4 is 27.4 Å². The van der Waals surface area contributed by atoms with Crippen LogP contribution >= 0.6 is 15.9 Å². The van der Waals surface area contributed by atoms with Crippen molar-refractivity contribution in [2.24, 2.45) is 0 Å². The third kappa shape index (κ3) is 4.05. The van der Waals surface area contributed by atoms with E-state index in [4.69, 9.17) is 5.73 Å². The molecular weight excluding hydrogens is 258 g/mol. The van der Waals surface area contributed by atoms with Gasteiger partial charge in [-0.15, -0.1) is 0 Å². The Morgan fingerprint density at radius 1 is 1.67 bits per heavy atom. The van der Waals surface area contributed by atoms with Crippen LogP contribution in [0.4, 0.5) is 11.5 Å². The second-order valence-corrected chi connectivity index (χ2v) is 4.28. The molecule has 0 aliphatic rings. The summed E-state index contributed by atoms with van der Waals surface area (Å²) in [7, 11) is 0. The fourth-order valence-corrected chi connectivity index (χ4v) is 1.74. The highest BCUT2D eigenvalue weighted by Gasteiger charge is 2.05. The summed E-state index contributed by atoms with van der Waals surface area (Å²) in [5.41, 5.74) is 6.17. The van der Waals surface area contributed by atoms with E-state index in [-0.39, 0.29) is 6.10 Å². The number of nitrogens with two attached hydrogens (primary N) is 1. The van der Waals surface area contributed by atoms with Crippen LogP contribution in [0.3, 0.4) is 0 Å². The van der Waals surface area contributed by atoms with Gasteiger partial charge in [-0.3, -0.25) is 0 Å². The molecule has 1 unspecified atom stereocenters. The molecule has 1 rings (SSSR count). The van der Waals surface area contributed by atoms with E-state index >= 15 is 0 Å². The lowest BCUT2D eigenvalue weighted by atomic mass is 10.2. The van der Waals surface area contributed by atoms with Crippen LogP contribution in [-0.2, 0) is 0 Å². The smallest absolute Gasteiger partial charge is 0.140 e. The summed E-state index contributed by atoms with van der Waals surface area (Å²) in [6.07, 6.45) is 3.01. The molecule has 0 aromatic carbocycles. The lowest BCUT2D eigenvalue weighted by Crippen LogP contribution is -2.19. The molecule has 0 fully saturated rings. The van der Waals surface area contributed by atoms with Crippen LogP contribution in [0.1, 0.15) is 19.8 Å². The Morgan fingerprint density at radius 2 is 2.40 bits per heavy atom. The van der Waals surface area contributed by atoms with Crippen LogP contribution in [0.15, 0.2) is 16.7 Å². The number of nitrogens with one attached hydrogen (secondary N) is 1. The summed E-state index contributed by atoms with van der Waals surface area (Å²) < 4.78 is 0.811. The van der Waals surface area contributed by atoms with Gasteiger partial charge in [-0.1, -0.05) is 13.3 Å². The first kappa shape index (κ1) is 12.3. The summed E-state index contributed by atoms with van der Waals surface area (Å²) in [5.74, 6) is 0.708. The maximum absolute atomic E-state index is 9.53. The third-order valence-electron chi connectivity index (χ3n) is 1.99. The van der Waals surface area contributed by atoms with Gasteiger partial charge in [-0.2, -0.15) is 0 Å². The fourth-order valence-electron chi connectivity index (χ4n) is 1.23. The van der Waals surface area contributed by atoms with E-state index in [1.165, 1.54) is 0 Å². The van der Waals surface area contributed by atoms with E-state index in [1.807, 2.05) is 6.92 Å². The van der Waals surface area contributed by atoms with Gasteiger partial charge in [-0.05, 0) is 28.4 Å². The molecule has 0 aliphatic carbocycles. The Hall–Kier alpha value is -0.810. The van der Waals surface area contributed by atoms with Crippen molar-refractivity contribution in [3.05, 3.63) is 16.7 Å². The van der Waals surface area contributed by atoms with Crippen molar-refractivity contribution in [3.8, 4) is 0 Å². The molecule has 15 heavy (non-hydrogen) atoms. The van der Waals surface area contributed by atoms with Gasteiger partial charge in [0.15, 0.2) is 0 Å². The first-order valence-electron chi connectivity index (χ1n) is 4.96. The maximum Gasteiger partial charge on any atom is 0.140 e. The molecule has 1 heterocycles. The minimum absolute atomic E-state index is 0.332. The van der Waals surface area contributed by atoms with E-state index in [9.17, 15) is 5.11 Å². The minimum Gasteiger partial charge on any atom is -0.397 e. The average molecular weight is 274 g/mol. The molecule has 1 aromatic rings. The predicted octanol–water partition coefficient (Wildman–Crippen LogP) is 2.00. The van der Waals surface area contributed by atoms with E-state index in [1.54, 1.807) is 12.3 Å². The standard InChI is InChI=1S/C10H16BrN3O/c1-2-3-8(15)6-14-10-9(11)4-7(12)5-13-10/h4-5,8,15H,2-3,6,12H2,1H3,(H,13,14). The molecule has 84 valence electrons. The van der Waals surface area contributed by atoms with Crippen molar-refractivity contribution in [1.82, 2.24) is 4.98 Å². The van der Waals surface area contributed by atoms with Crippen LogP contribution in [0, 0.1) is 0 Å². The van der Waals surface area contributed by atoms with Crippen LogP contribution < -0.4 is 11.1 Å². The number of nitrogens with zero attached hydrogens (tertiary/aromatic N) is 1. The summed E-state index contributed by atoms with van der Waals surface area (Å²) >= 11 is 3.35. The zero-order chi connectivity index (χ0) is 11.3. The van der Waals surface area contributed by atoms with Crippen LogP contribution in [0.5, 0.6) is 0 Å². The van der Waals surface area contributed by atoms with Gasteiger partial charge in [0.05, 0.1) is 22.5 Å². The summed E-state index contributed by atoms with van der Waals surface area (Å²) in [6, 6.07) is 1.78. The van der Waals surface area contributed by atoms with Crippen LogP contribution in [0.25, 0.3) is 0 Å². The molecular formula is C10H16BrN3O. The number of hydrogen-bond acceptors (Lipinski definition) is 4. The number of aliphatic hydroxyl groups excluding tert-OH is 1. The van der Waals surface area contributed by atoms with Crippen LogP contribution in [0.2, 0.25) is 0 Å².